The van der Waals surface area contributed by atoms with Crippen LogP contribution in [0.15, 0.2) is 30.6 Å². The van der Waals surface area contributed by atoms with E-state index in [-0.39, 0.29) is 18.2 Å². The molecule has 0 spiro atoms. The first-order valence-electron chi connectivity index (χ1n) is 8.30. The molecule has 1 N–H and O–H groups in total. The van der Waals surface area contributed by atoms with Gasteiger partial charge in [-0.05, 0) is 26.0 Å². The number of ether oxygens (including phenoxy) is 1. The number of carbonyl (C=O) groups excluding carboxylic acids is 2. The van der Waals surface area contributed by atoms with E-state index in [1.165, 1.54) is 0 Å². The number of anilines is 1. The van der Waals surface area contributed by atoms with Gasteiger partial charge in [0.1, 0.15) is 12.1 Å². The molecule has 0 bridgehead atoms. The molecule has 8 nitrogen and oxygen atoms in total. The van der Waals surface area contributed by atoms with Crippen LogP contribution in [-0.4, -0.2) is 39.2 Å². The molecule has 0 fully saturated rings. The molecule has 2 aromatic rings. The maximum absolute atomic E-state index is 12.4. The second-order valence-corrected chi connectivity index (χ2v) is 5.78. The predicted molar refractivity (Wildman–Crippen MR) is 91.0 cm³/mol. The maximum Gasteiger partial charge on any atom is 0.267 e. The Bertz CT molecular complexity index is 773. The Kier molecular flexibility index (Phi) is 4.97. The minimum absolute atomic E-state index is 0.141. The van der Waals surface area contributed by atoms with Gasteiger partial charge in [-0.1, -0.05) is 12.1 Å². The largest absolute Gasteiger partial charge is 0.479 e. The predicted octanol–water partition coefficient (Wildman–Crippen LogP) is 1.12. The first-order chi connectivity index (χ1) is 12.1. The zero-order chi connectivity index (χ0) is 17.8. The van der Waals surface area contributed by atoms with Crippen molar-refractivity contribution in [2.45, 2.75) is 39.5 Å². The van der Waals surface area contributed by atoms with Crippen molar-refractivity contribution in [2.75, 3.05) is 11.4 Å². The summed E-state index contributed by atoms with van der Waals surface area (Å²) in [7, 11) is 0. The van der Waals surface area contributed by atoms with E-state index in [0.717, 1.165) is 6.54 Å². The number of benzene rings is 1. The summed E-state index contributed by atoms with van der Waals surface area (Å²) in [6.07, 6.45) is 1.28. The lowest BCUT2D eigenvalue weighted by Gasteiger charge is -2.32. The molecular formula is C17H21N5O3. The van der Waals surface area contributed by atoms with Crippen molar-refractivity contribution in [3.8, 4) is 5.75 Å². The molecule has 0 saturated carbocycles. The SMILES string of the molecule is CCn1cnnc1CNC(=O)CCN1C(=O)[C@H](C)Oc2ccccc21. The molecule has 1 atom stereocenters. The smallest absolute Gasteiger partial charge is 0.267 e. The van der Waals surface area contributed by atoms with Gasteiger partial charge < -0.3 is 19.5 Å². The molecule has 8 heteroatoms. The second kappa shape index (κ2) is 7.33. The molecule has 0 saturated heterocycles. The highest BCUT2D eigenvalue weighted by atomic mass is 16.5. The minimum Gasteiger partial charge on any atom is -0.479 e. The Morgan fingerprint density at radius 2 is 2.16 bits per heavy atom. The number of rotatable bonds is 6. The van der Waals surface area contributed by atoms with Crippen LogP contribution in [0.25, 0.3) is 0 Å². The Morgan fingerprint density at radius 1 is 1.36 bits per heavy atom. The van der Waals surface area contributed by atoms with Crippen LogP contribution in [0.1, 0.15) is 26.1 Å². The number of nitrogens with zero attached hydrogens (tertiary/aromatic N) is 4. The van der Waals surface area contributed by atoms with E-state index >= 15 is 0 Å². The lowest BCUT2D eigenvalue weighted by molar-refractivity contribution is -0.125. The zero-order valence-electron chi connectivity index (χ0n) is 14.3. The van der Waals surface area contributed by atoms with E-state index in [9.17, 15) is 9.59 Å². The molecule has 3 rings (SSSR count). The molecule has 1 aromatic heterocycles. The topological polar surface area (TPSA) is 89.4 Å². The first-order valence-corrected chi connectivity index (χ1v) is 8.30. The summed E-state index contributed by atoms with van der Waals surface area (Å²) < 4.78 is 7.46. The molecule has 2 amide bonds. The lowest BCUT2D eigenvalue weighted by atomic mass is 10.1. The molecular weight excluding hydrogens is 322 g/mol. The third-order valence-corrected chi connectivity index (χ3v) is 4.12. The Balaban J connectivity index is 1.59. The van der Waals surface area contributed by atoms with Crippen LogP contribution in [0.3, 0.4) is 0 Å². The van der Waals surface area contributed by atoms with Crippen LogP contribution in [0.4, 0.5) is 5.69 Å². The summed E-state index contributed by atoms with van der Waals surface area (Å²) in [5.74, 6) is 1.08. The highest BCUT2D eigenvalue weighted by Gasteiger charge is 2.31. The molecule has 132 valence electrons. The summed E-state index contributed by atoms with van der Waals surface area (Å²) in [6.45, 7) is 5.06. The van der Waals surface area contributed by atoms with Crippen molar-refractivity contribution in [1.82, 2.24) is 20.1 Å². The van der Waals surface area contributed by atoms with Crippen molar-refractivity contribution in [3.63, 3.8) is 0 Å². The summed E-state index contributed by atoms with van der Waals surface area (Å²) in [6, 6.07) is 7.34. The molecule has 1 aliphatic heterocycles. The fraction of sp³-hybridized carbons (Fsp3) is 0.412. The number of hydrogen-bond acceptors (Lipinski definition) is 5. The van der Waals surface area contributed by atoms with Gasteiger partial charge in [0.25, 0.3) is 5.91 Å². The number of fused-ring (bicyclic) bond motifs is 1. The summed E-state index contributed by atoms with van der Waals surface area (Å²) in [4.78, 5) is 26.1. The zero-order valence-corrected chi connectivity index (χ0v) is 14.3. The van der Waals surface area contributed by atoms with E-state index in [1.54, 1.807) is 18.2 Å². The van der Waals surface area contributed by atoms with Crippen molar-refractivity contribution < 1.29 is 14.3 Å². The van der Waals surface area contributed by atoms with Gasteiger partial charge in [0, 0.05) is 19.5 Å². The number of para-hydroxylation sites is 2. The number of aryl methyl sites for hydroxylation is 1. The van der Waals surface area contributed by atoms with E-state index in [1.807, 2.05) is 35.8 Å². The fourth-order valence-corrected chi connectivity index (χ4v) is 2.75. The Morgan fingerprint density at radius 3 is 2.96 bits per heavy atom. The molecule has 0 radical (unpaired) electrons. The number of amides is 2. The van der Waals surface area contributed by atoms with Crippen molar-refractivity contribution in [3.05, 3.63) is 36.4 Å². The standard InChI is InChI=1S/C17H21N5O3/c1-3-21-11-19-20-15(21)10-18-16(23)8-9-22-13-6-4-5-7-14(13)25-12(2)17(22)24/h4-7,11-12H,3,8-10H2,1-2H3,(H,18,23)/t12-/m0/s1. The molecule has 1 aliphatic rings. The van der Waals surface area contributed by atoms with E-state index in [2.05, 4.69) is 15.5 Å². The second-order valence-electron chi connectivity index (χ2n) is 5.78. The maximum atomic E-state index is 12.4. The Labute approximate surface area is 145 Å². The summed E-state index contributed by atoms with van der Waals surface area (Å²) >= 11 is 0. The monoisotopic (exact) mass is 343 g/mol. The van der Waals surface area contributed by atoms with Crippen LogP contribution < -0.4 is 15.0 Å². The average Bonchev–Trinajstić information content (AvgIpc) is 3.08. The van der Waals surface area contributed by atoms with Gasteiger partial charge in [-0.25, -0.2) is 0 Å². The number of aromatic nitrogens is 3. The molecule has 0 aliphatic carbocycles. The van der Waals surface area contributed by atoms with Gasteiger partial charge in [0.05, 0.1) is 12.2 Å². The van der Waals surface area contributed by atoms with Crippen LogP contribution in [0.5, 0.6) is 5.75 Å². The third-order valence-electron chi connectivity index (χ3n) is 4.12. The van der Waals surface area contributed by atoms with Crippen LogP contribution in [0.2, 0.25) is 0 Å². The first kappa shape index (κ1) is 16.9. The van der Waals surface area contributed by atoms with E-state index < -0.39 is 6.10 Å². The van der Waals surface area contributed by atoms with Gasteiger partial charge in [-0.2, -0.15) is 0 Å². The van der Waals surface area contributed by atoms with Gasteiger partial charge in [0.15, 0.2) is 11.9 Å². The van der Waals surface area contributed by atoms with Gasteiger partial charge in [-0.3, -0.25) is 9.59 Å². The van der Waals surface area contributed by atoms with Gasteiger partial charge >= 0.3 is 0 Å². The normalized spacial score (nSPS) is 16.3. The number of nitrogens with one attached hydrogen (secondary N) is 1. The quantitative estimate of drug-likeness (QED) is 0.849. The highest BCUT2D eigenvalue weighted by Crippen LogP contribution is 2.33. The third kappa shape index (κ3) is 3.62. The number of carbonyl (C=O) groups is 2. The van der Waals surface area contributed by atoms with Gasteiger partial charge in [0.2, 0.25) is 5.91 Å². The molecule has 0 unspecified atom stereocenters. The molecule has 25 heavy (non-hydrogen) atoms. The van der Waals surface area contributed by atoms with Crippen molar-refractivity contribution in [2.24, 2.45) is 0 Å². The lowest BCUT2D eigenvalue weighted by Crippen LogP contribution is -2.45. The molecule has 2 heterocycles. The average molecular weight is 343 g/mol. The van der Waals surface area contributed by atoms with Crippen LogP contribution in [-0.2, 0) is 22.7 Å². The fourth-order valence-electron chi connectivity index (χ4n) is 2.75. The van der Waals surface area contributed by atoms with Crippen molar-refractivity contribution in [1.29, 1.82) is 0 Å². The van der Waals surface area contributed by atoms with E-state index in [4.69, 9.17) is 4.74 Å². The van der Waals surface area contributed by atoms with E-state index in [0.29, 0.717) is 30.4 Å². The molecule has 1 aromatic carbocycles. The number of hydrogen-bond donors (Lipinski definition) is 1. The summed E-state index contributed by atoms with van der Waals surface area (Å²) in [5, 5.41) is 10.6. The van der Waals surface area contributed by atoms with Crippen LogP contribution in [0, 0.1) is 0 Å². The Hall–Kier alpha value is -2.90. The highest BCUT2D eigenvalue weighted by molar-refractivity contribution is 6.00. The minimum atomic E-state index is -0.555. The van der Waals surface area contributed by atoms with Gasteiger partial charge in [-0.15, -0.1) is 10.2 Å². The van der Waals surface area contributed by atoms with Crippen molar-refractivity contribution >= 4 is 17.5 Å². The summed E-state index contributed by atoms with van der Waals surface area (Å²) in [5.41, 5.74) is 0.698. The van der Waals surface area contributed by atoms with Crippen LogP contribution >= 0.6 is 0 Å².